The molecule has 2 aromatic carbocycles. The second-order valence-electron chi connectivity index (χ2n) is 5.29. The van der Waals surface area contributed by atoms with E-state index >= 15 is 0 Å². The molecule has 0 aliphatic rings. The number of thiazole rings is 1. The normalized spacial score (nSPS) is 10.2. The van der Waals surface area contributed by atoms with Crippen molar-refractivity contribution in [2.24, 2.45) is 5.73 Å². The van der Waals surface area contributed by atoms with Crippen LogP contribution in [0.3, 0.4) is 0 Å². The molecule has 26 heavy (non-hydrogen) atoms. The fraction of sp³-hybridized carbons (Fsp3) is 0.0556. The highest BCUT2D eigenvalue weighted by Gasteiger charge is 2.11. The number of rotatable bonds is 6. The van der Waals surface area contributed by atoms with Gasteiger partial charge in [0.2, 0.25) is 0 Å². The van der Waals surface area contributed by atoms with Crippen LogP contribution in [-0.2, 0) is 6.61 Å². The maximum Gasteiger partial charge on any atom is 0.316 e. The minimum absolute atomic E-state index is 0.314. The average molecular weight is 368 g/mol. The van der Waals surface area contributed by atoms with Crippen molar-refractivity contribution in [3.8, 4) is 5.75 Å². The van der Waals surface area contributed by atoms with Gasteiger partial charge in [0.15, 0.2) is 0 Å². The summed E-state index contributed by atoms with van der Waals surface area (Å²) in [5.41, 5.74) is 9.02. The van der Waals surface area contributed by atoms with Crippen molar-refractivity contribution < 1.29 is 14.3 Å². The van der Waals surface area contributed by atoms with E-state index in [1.807, 2.05) is 11.4 Å². The Hall–Kier alpha value is -3.39. The topological polar surface area (TPSA) is 106 Å². The van der Waals surface area contributed by atoms with Crippen molar-refractivity contribution in [1.82, 2.24) is 4.98 Å². The minimum atomic E-state index is -0.691. The number of carbonyl (C=O) groups is 2. The second kappa shape index (κ2) is 8.13. The lowest BCUT2D eigenvalue weighted by Gasteiger charge is -2.12. The van der Waals surface area contributed by atoms with Crippen LogP contribution >= 0.6 is 11.3 Å². The molecule has 0 bridgehead atoms. The molecule has 3 amide bonds. The van der Waals surface area contributed by atoms with Gasteiger partial charge in [-0.05, 0) is 30.3 Å². The molecule has 0 aliphatic carbocycles. The number of aromatic nitrogens is 1. The van der Waals surface area contributed by atoms with Gasteiger partial charge in [0, 0.05) is 16.6 Å². The zero-order chi connectivity index (χ0) is 18.4. The third kappa shape index (κ3) is 4.58. The Morgan fingerprint density at radius 3 is 2.73 bits per heavy atom. The van der Waals surface area contributed by atoms with Crippen molar-refractivity contribution >= 4 is 34.6 Å². The predicted octanol–water partition coefficient (Wildman–Crippen LogP) is 3.47. The summed E-state index contributed by atoms with van der Waals surface area (Å²) in [6.45, 7) is 0.314. The van der Waals surface area contributed by atoms with Crippen molar-refractivity contribution in [1.29, 1.82) is 0 Å². The van der Waals surface area contributed by atoms with Gasteiger partial charge in [-0.1, -0.05) is 18.2 Å². The molecule has 0 saturated carbocycles. The summed E-state index contributed by atoms with van der Waals surface area (Å²) in [5.74, 6) is 0.211. The molecular formula is C18H16N4O3S. The minimum Gasteiger partial charge on any atom is -0.485 e. The summed E-state index contributed by atoms with van der Waals surface area (Å²) in [4.78, 5) is 27.6. The fourth-order valence-corrected chi connectivity index (χ4v) is 2.77. The first kappa shape index (κ1) is 17.4. The van der Waals surface area contributed by atoms with E-state index < -0.39 is 6.03 Å². The first-order valence-electron chi connectivity index (χ1n) is 7.68. The number of urea groups is 1. The zero-order valence-corrected chi connectivity index (χ0v) is 14.5. The van der Waals surface area contributed by atoms with Crippen LogP contribution in [0.5, 0.6) is 5.75 Å². The maximum absolute atomic E-state index is 12.5. The number of para-hydroxylation sites is 2. The van der Waals surface area contributed by atoms with Crippen LogP contribution in [0.25, 0.3) is 0 Å². The molecule has 8 heteroatoms. The summed E-state index contributed by atoms with van der Waals surface area (Å²) in [6.07, 6.45) is 0. The smallest absolute Gasteiger partial charge is 0.316 e. The number of primary amides is 1. The highest BCUT2D eigenvalue weighted by Crippen LogP contribution is 2.25. The third-order valence-corrected chi connectivity index (χ3v) is 4.02. The Balaban J connectivity index is 1.72. The molecule has 3 aromatic rings. The molecule has 0 spiro atoms. The number of nitrogens with zero attached hydrogens (tertiary/aromatic N) is 1. The van der Waals surface area contributed by atoms with Crippen LogP contribution in [0.15, 0.2) is 59.4 Å². The van der Waals surface area contributed by atoms with Crippen molar-refractivity contribution in [2.75, 3.05) is 10.6 Å². The number of amides is 3. The van der Waals surface area contributed by atoms with Crippen molar-refractivity contribution in [3.63, 3.8) is 0 Å². The predicted molar refractivity (Wildman–Crippen MR) is 100 cm³/mol. The fourth-order valence-electron chi connectivity index (χ4n) is 2.23. The lowest BCUT2D eigenvalue weighted by Crippen LogP contribution is -2.20. The van der Waals surface area contributed by atoms with Crippen molar-refractivity contribution in [2.45, 2.75) is 6.61 Å². The quantitative estimate of drug-likeness (QED) is 0.619. The van der Waals surface area contributed by atoms with E-state index in [9.17, 15) is 9.59 Å². The Labute approximate surface area is 153 Å². The lowest BCUT2D eigenvalue weighted by molar-refractivity contribution is 0.102. The monoisotopic (exact) mass is 368 g/mol. The number of anilines is 2. The number of ether oxygens (including phenoxy) is 1. The molecule has 0 aliphatic heterocycles. The molecule has 0 fully saturated rings. The molecule has 0 saturated heterocycles. The van der Waals surface area contributed by atoms with E-state index in [2.05, 4.69) is 15.6 Å². The second-order valence-corrected chi connectivity index (χ2v) is 6.01. The van der Waals surface area contributed by atoms with Gasteiger partial charge in [0.05, 0.1) is 16.9 Å². The Kier molecular flexibility index (Phi) is 5.45. The van der Waals surface area contributed by atoms with Gasteiger partial charge < -0.3 is 21.1 Å². The Bertz CT molecular complexity index is 912. The standard InChI is InChI=1S/C18H16N4O3S/c19-18(24)21-13-5-3-4-12(8-13)17(23)22-15-6-1-2-7-16(15)25-9-14-10-26-11-20-14/h1-8,10-11H,9H2,(H,22,23)(H3,19,21,24). The molecule has 1 heterocycles. The third-order valence-electron chi connectivity index (χ3n) is 3.39. The molecule has 3 rings (SSSR count). The highest BCUT2D eigenvalue weighted by atomic mass is 32.1. The van der Waals surface area contributed by atoms with Gasteiger partial charge in [-0.25, -0.2) is 9.78 Å². The van der Waals surface area contributed by atoms with E-state index in [1.165, 1.54) is 11.3 Å². The van der Waals surface area contributed by atoms with Crippen LogP contribution in [0.2, 0.25) is 0 Å². The van der Waals surface area contributed by atoms with Crippen molar-refractivity contribution in [3.05, 3.63) is 70.7 Å². The molecule has 7 nitrogen and oxygen atoms in total. The van der Waals surface area contributed by atoms with Gasteiger partial charge >= 0.3 is 6.03 Å². The van der Waals surface area contributed by atoms with E-state index in [0.29, 0.717) is 29.3 Å². The van der Waals surface area contributed by atoms with Gasteiger partial charge in [-0.2, -0.15) is 0 Å². The molecule has 0 unspecified atom stereocenters. The van der Waals surface area contributed by atoms with Crippen LogP contribution in [0.4, 0.5) is 16.2 Å². The van der Waals surface area contributed by atoms with E-state index in [-0.39, 0.29) is 5.91 Å². The molecule has 0 atom stereocenters. The average Bonchev–Trinajstić information content (AvgIpc) is 3.14. The number of carbonyl (C=O) groups excluding carboxylic acids is 2. The lowest BCUT2D eigenvalue weighted by atomic mass is 10.2. The van der Waals surface area contributed by atoms with E-state index in [1.54, 1.807) is 48.0 Å². The van der Waals surface area contributed by atoms with E-state index in [4.69, 9.17) is 10.5 Å². The largest absolute Gasteiger partial charge is 0.485 e. The van der Waals surface area contributed by atoms with Gasteiger partial charge in [-0.3, -0.25) is 4.79 Å². The number of nitrogens with one attached hydrogen (secondary N) is 2. The zero-order valence-electron chi connectivity index (χ0n) is 13.6. The number of nitrogens with two attached hydrogens (primary N) is 1. The summed E-state index contributed by atoms with van der Waals surface area (Å²) >= 11 is 1.49. The molecule has 0 radical (unpaired) electrons. The Morgan fingerprint density at radius 2 is 1.96 bits per heavy atom. The number of hydrogen-bond acceptors (Lipinski definition) is 5. The first-order valence-corrected chi connectivity index (χ1v) is 8.63. The van der Waals surface area contributed by atoms with Crippen LogP contribution in [0, 0.1) is 0 Å². The van der Waals surface area contributed by atoms with Gasteiger partial charge in [0.1, 0.15) is 12.4 Å². The molecule has 1 aromatic heterocycles. The number of hydrogen-bond donors (Lipinski definition) is 3. The summed E-state index contributed by atoms with van der Waals surface area (Å²) in [6, 6.07) is 12.9. The summed E-state index contributed by atoms with van der Waals surface area (Å²) in [7, 11) is 0. The summed E-state index contributed by atoms with van der Waals surface area (Å²) in [5, 5.41) is 7.15. The molecular weight excluding hydrogens is 352 g/mol. The molecule has 4 N–H and O–H groups in total. The van der Waals surface area contributed by atoms with Gasteiger partial charge in [0.25, 0.3) is 5.91 Å². The van der Waals surface area contributed by atoms with E-state index in [0.717, 1.165) is 5.69 Å². The highest BCUT2D eigenvalue weighted by molar-refractivity contribution is 7.07. The number of benzene rings is 2. The van der Waals surface area contributed by atoms with Crippen LogP contribution in [0.1, 0.15) is 16.1 Å². The van der Waals surface area contributed by atoms with Crippen LogP contribution < -0.4 is 21.1 Å². The van der Waals surface area contributed by atoms with Crippen LogP contribution in [-0.4, -0.2) is 16.9 Å². The molecule has 132 valence electrons. The van der Waals surface area contributed by atoms with Gasteiger partial charge in [-0.15, -0.1) is 11.3 Å². The summed E-state index contributed by atoms with van der Waals surface area (Å²) < 4.78 is 5.75. The Morgan fingerprint density at radius 1 is 1.12 bits per heavy atom. The SMILES string of the molecule is NC(=O)Nc1cccc(C(=O)Nc2ccccc2OCc2cscn2)c1. The maximum atomic E-state index is 12.5. The first-order chi connectivity index (χ1) is 12.6.